The number of nitrogens with one attached hydrogen (secondary N) is 1. The maximum Gasteiger partial charge on any atom is 0.274 e. The Morgan fingerprint density at radius 3 is 2.67 bits per heavy atom. The number of ether oxygens (including phenoxy) is 1. The van der Waals surface area contributed by atoms with E-state index in [0.717, 1.165) is 36.1 Å². The van der Waals surface area contributed by atoms with Crippen LogP contribution in [0.5, 0.6) is 5.75 Å². The van der Waals surface area contributed by atoms with E-state index < -0.39 is 11.9 Å². The maximum atomic E-state index is 13.5. The summed E-state index contributed by atoms with van der Waals surface area (Å²) in [6, 6.07) is 16.3. The van der Waals surface area contributed by atoms with Crippen molar-refractivity contribution in [1.29, 1.82) is 0 Å². The molecule has 10 nitrogen and oxygen atoms in total. The van der Waals surface area contributed by atoms with Crippen molar-refractivity contribution < 1.29 is 23.9 Å². The first kappa shape index (κ1) is 25.8. The average Bonchev–Trinajstić information content (AvgIpc) is 3.51. The van der Waals surface area contributed by atoms with Gasteiger partial charge in [-0.3, -0.25) is 29.2 Å². The number of aromatic nitrogens is 2. The second-order valence-corrected chi connectivity index (χ2v) is 10.6. The van der Waals surface area contributed by atoms with Gasteiger partial charge in [-0.2, -0.15) is 5.10 Å². The van der Waals surface area contributed by atoms with Crippen LogP contribution in [0, 0.1) is 0 Å². The monoisotopic (exact) mass is 541 g/mol. The fourth-order valence-corrected chi connectivity index (χ4v) is 5.87. The molecular formula is C30H31N5O5. The lowest BCUT2D eigenvalue weighted by molar-refractivity contribution is -0.136. The lowest BCUT2D eigenvalue weighted by atomic mass is 10.0. The quantitative estimate of drug-likeness (QED) is 0.480. The fraction of sp³-hybridized carbons (Fsp3) is 0.367. The van der Waals surface area contributed by atoms with Crippen LogP contribution in [0.15, 0.2) is 54.6 Å². The number of nitrogens with zero attached hydrogens (tertiary/aromatic N) is 4. The van der Waals surface area contributed by atoms with Gasteiger partial charge in [0.15, 0.2) is 5.69 Å². The normalized spacial score (nSPS) is 20.9. The van der Waals surface area contributed by atoms with Crippen molar-refractivity contribution in [1.82, 2.24) is 24.9 Å². The number of piperidine rings is 2. The Bertz CT molecular complexity index is 1480. The molecule has 1 N–H and O–H groups in total. The first-order chi connectivity index (χ1) is 19.4. The second-order valence-electron chi connectivity index (χ2n) is 10.6. The van der Waals surface area contributed by atoms with Gasteiger partial charge in [0.25, 0.3) is 11.8 Å². The van der Waals surface area contributed by atoms with Crippen LogP contribution >= 0.6 is 0 Å². The molecule has 2 aromatic carbocycles. The van der Waals surface area contributed by atoms with Gasteiger partial charge in [0.1, 0.15) is 18.4 Å². The van der Waals surface area contributed by atoms with E-state index in [-0.39, 0.29) is 36.7 Å². The zero-order chi connectivity index (χ0) is 27.8. The third kappa shape index (κ3) is 4.85. The summed E-state index contributed by atoms with van der Waals surface area (Å²) in [5.41, 5.74) is 3.62. The molecule has 2 saturated heterocycles. The van der Waals surface area contributed by atoms with Gasteiger partial charge < -0.3 is 14.5 Å². The minimum atomic E-state index is -0.655. The van der Waals surface area contributed by atoms with E-state index in [2.05, 4.69) is 10.4 Å². The van der Waals surface area contributed by atoms with Crippen molar-refractivity contribution in [2.45, 2.75) is 50.7 Å². The molecule has 0 saturated carbocycles. The van der Waals surface area contributed by atoms with Crippen molar-refractivity contribution in [3.8, 4) is 17.0 Å². The summed E-state index contributed by atoms with van der Waals surface area (Å²) in [5.74, 6) is -0.453. The van der Waals surface area contributed by atoms with E-state index in [1.54, 1.807) is 16.8 Å². The predicted molar refractivity (Wildman–Crippen MR) is 145 cm³/mol. The molecule has 2 fully saturated rings. The molecule has 0 aliphatic carbocycles. The molecule has 206 valence electrons. The topological polar surface area (TPSA) is 114 Å². The summed E-state index contributed by atoms with van der Waals surface area (Å²) in [7, 11) is 1.84. The highest BCUT2D eigenvalue weighted by molar-refractivity contribution is 6.05. The Morgan fingerprint density at radius 2 is 1.88 bits per heavy atom. The Morgan fingerprint density at radius 1 is 1.05 bits per heavy atom. The van der Waals surface area contributed by atoms with Crippen LogP contribution in [0.3, 0.4) is 0 Å². The number of fused-ring (bicyclic) bond motifs is 1. The van der Waals surface area contributed by atoms with E-state index in [1.165, 1.54) is 4.90 Å². The van der Waals surface area contributed by atoms with Gasteiger partial charge in [-0.15, -0.1) is 0 Å². The second kappa shape index (κ2) is 10.6. The minimum Gasteiger partial charge on any atom is -0.491 e. The lowest BCUT2D eigenvalue weighted by Gasteiger charge is -2.35. The highest BCUT2D eigenvalue weighted by Gasteiger charge is 2.39. The first-order valence-electron chi connectivity index (χ1n) is 13.7. The molecule has 0 bridgehead atoms. The minimum absolute atomic E-state index is 0.0988. The number of aryl methyl sites for hydroxylation is 1. The number of carbonyl (C=O) groups is 4. The van der Waals surface area contributed by atoms with Crippen LogP contribution in [-0.2, 0) is 23.2 Å². The van der Waals surface area contributed by atoms with Crippen LogP contribution < -0.4 is 10.1 Å². The molecule has 2 atom stereocenters. The number of carbonyl (C=O) groups excluding carboxylic acids is 4. The Hall–Kier alpha value is -4.47. The Balaban J connectivity index is 1.13. The number of amides is 4. The smallest absolute Gasteiger partial charge is 0.274 e. The molecule has 1 unspecified atom stereocenters. The van der Waals surface area contributed by atoms with E-state index >= 15 is 0 Å². The molecule has 40 heavy (non-hydrogen) atoms. The van der Waals surface area contributed by atoms with Crippen LogP contribution in [0.2, 0.25) is 0 Å². The Kier molecular flexibility index (Phi) is 6.83. The van der Waals surface area contributed by atoms with Gasteiger partial charge in [-0.1, -0.05) is 30.3 Å². The van der Waals surface area contributed by atoms with Gasteiger partial charge in [-0.05, 0) is 61.1 Å². The summed E-state index contributed by atoms with van der Waals surface area (Å²) in [6.07, 6.45) is 3.31. The average molecular weight is 542 g/mol. The van der Waals surface area contributed by atoms with Crippen molar-refractivity contribution in [2.75, 3.05) is 13.2 Å². The predicted octanol–water partition coefficient (Wildman–Crippen LogP) is 2.92. The first-order valence-corrected chi connectivity index (χ1v) is 13.7. The zero-order valence-corrected chi connectivity index (χ0v) is 22.3. The van der Waals surface area contributed by atoms with Crippen LogP contribution in [0.1, 0.15) is 58.5 Å². The summed E-state index contributed by atoms with van der Waals surface area (Å²) in [5, 5.41) is 6.84. The summed E-state index contributed by atoms with van der Waals surface area (Å²) in [4.78, 5) is 53.7. The molecule has 3 aliphatic rings. The van der Waals surface area contributed by atoms with Gasteiger partial charge in [0, 0.05) is 32.1 Å². The lowest BCUT2D eigenvalue weighted by Crippen LogP contribution is -2.52. The molecule has 4 heterocycles. The van der Waals surface area contributed by atoms with E-state index in [4.69, 9.17) is 4.74 Å². The standard InChI is InChI=1S/C30H31N5O5/c1-33-26(19-7-3-2-4-8-19)16-24(32-33)30(39)34-14-6-5-9-21(34)18-40-22-10-11-23-20(15-22)17-35(29(23)38)25-12-13-27(36)31-28(25)37/h2-4,7-8,10-11,15-16,21,25H,5-6,9,12-14,17-18H2,1H3,(H,31,36,37)/t21-,25?/m0/s1. The Labute approximate surface area is 231 Å². The van der Waals surface area contributed by atoms with Crippen molar-refractivity contribution in [2.24, 2.45) is 7.05 Å². The molecule has 3 aromatic rings. The SMILES string of the molecule is Cn1nc(C(=O)N2CCCC[C@H]2COc2ccc3c(c2)CN(C2CCC(=O)NC2=O)C3=O)cc1-c1ccccc1. The van der Waals surface area contributed by atoms with Gasteiger partial charge in [0.2, 0.25) is 11.8 Å². The number of imide groups is 1. The van der Waals surface area contributed by atoms with Gasteiger partial charge in [0.05, 0.1) is 11.7 Å². The van der Waals surface area contributed by atoms with Crippen molar-refractivity contribution >= 4 is 23.6 Å². The molecular weight excluding hydrogens is 510 g/mol. The number of likely N-dealkylation sites (tertiary alicyclic amines) is 1. The number of hydrogen-bond donors (Lipinski definition) is 1. The maximum absolute atomic E-state index is 13.5. The molecule has 0 radical (unpaired) electrons. The highest BCUT2D eigenvalue weighted by atomic mass is 16.5. The summed E-state index contributed by atoms with van der Waals surface area (Å²) >= 11 is 0. The zero-order valence-electron chi connectivity index (χ0n) is 22.3. The number of hydrogen-bond acceptors (Lipinski definition) is 6. The van der Waals surface area contributed by atoms with E-state index in [9.17, 15) is 19.2 Å². The van der Waals surface area contributed by atoms with Crippen LogP contribution in [0.4, 0.5) is 0 Å². The van der Waals surface area contributed by atoms with Gasteiger partial charge in [-0.25, -0.2) is 0 Å². The fourth-order valence-electron chi connectivity index (χ4n) is 5.87. The molecule has 0 spiro atoms. The third-order valence-electron chi connectivity index (χ3n) is 7.99. The molecule has 4 amide bonds. The summed E-state index contributed by atoms with van der Waals surface area (Å²) in [6.45, 7) is 1.26. The van der Waals surface area contributed by atoms with Gasteiger partial charge >= 0.3 is 0 Å². The van der Waals surface area contributed by atoms with Crippen molar-refractivity contribution in [3.63, 3.8) is 0 Å². The van der Waals surface area contributed by atoms with Crippen molar-refractivity contribution in [3.05, 3.63) is 71.4 Å². The molecule has 6 rings (SSSR count). The molecule has 1 aromatic heterocycles. The largest absolute Gasteiger partial charge is 0.491 e. The van der Waals surface area contributed by atoms with E-state index in [0.29, 0.717) is 36.6 Å². The van der Waals surface area contributed by atoms with E-state index in [1.807, 2.05) is 54.4 Å². The third-order valence-corrected chi connectivity index (χ3v) is 7.99. The van der Waals surface area contributed by atoms with Crippen LogP contribution in [0.25, 0.3) is 11.3 Å². The highest BCUT2D eigenvalue weighted by Crippen LogP contribution is 2.31. The summed E-state index contributed by atoms with van der Waals surface area (Å²) < 4.78 is 7.90. The molecule has 10 heteroatoms. The molecule has 3 aliphatic heterocycles. The number of benzene rings is 2. The van der Waals surface area contributed by atoms with Crippen LogP contribution in [-0.4, -0.2) is 68.4 Å². The number of rotatable bonds is 6.